The van der Waals surface area contributed by atoms with Crippen molar-refractivity contribution in [2.24, 2.45) is 0 Å². The van der Waals surface area contributed by atoms with E-state index in [2.05, 4.69) is 20.1 Å². The Morgan fingerprint density at radius 1 is 1.23 bits per heavy atom. The van der Waals surface area contributed by atoms with E-state index in [-0.39, 0.29) is 32.2 Å². The predicted octanol–water partition coefficient (Wildman–Crippen LogP) is 4.51. The number of benzene rings is 2. The van der Waals surface area contributed by atoms with Crippen LogP contribution in [-0.4, -0.2) is 66.4 Å². The highest BCUT2D eigenvalue weighted by Gasteiger charge is 2.28. The molecule has 3 heterocycles. The highest BCUT2D eigenvalue weighted by atomic mass is 32.2. The lowest BCUT2D eigenvalue weighted by Crippen LogP contribution is -2.44. The van der Waals surface area contributed by atoms with Crippen molar-refractivity contribution < 1.29 is 27.2 Å². The Hall–Kier alpha value is -4.08. The molecule has 1 atom stereocenters. The average molecular weight is 629 g/mol. The molecule has 0 spiro atoms. The third-order valence-electron chi connectivity index (χ3n) is 6.79. The zero-order valence-electron chi connectivity index (χ0n) is 23.6. The molecule has 12 nitrogen and oxygen atoms in total. The molecule has 0 unspecified atom stereocenters. The summed E-state index contributed by atoms with van der Waals surface area (Å²) in [5.74, 6) is -0.244. The van der Waals surface area contributed by atoms with Gasteiger partial charge in [-0.05, 0) is 55.4 Å². The third kappa shape index (κ3) is 6.95. The van der Waals surface area contributed by atoms with Gasteiger partial charge in [0.2, 0.25) is 0 Å². The Morgan fingerprint density at radius 3 is 2.72 bits per heavy atom. The summed E-state index contributed by atoms with van der Waals surface area (Å²) in [4.78, 5) is 21.8. The molecule has 2 aromatic carbocycles. The number of aromatic nitrogens is 4. The maximum atomic E-state index is 15.4. The van der Waals surface area contributed by atoms with Gasteiger partial charge in [-0.2, -0.15) is 5.10 Å². The topological polar surface area (TPSA) is 153 Å². The first-order valence-electron chi connectivity index (χ1n) is 13.3. The second-order valence-electron chi connectivity index (χ2n) is 10.0. The van der Waals surface area contributed by atoms with E-state index in [1.807, 2.05) is 19.9 Å². The first-order chi connectivity index (χ1) is 20.5. The molecule has 4 aromatic rings. The molecule has 0 amide bonds. The summed E-state index contributed by atoms with van der Waals surface area (Å²) < 4.78 is 52.8. The molecule has 0 bridgehead atoms. The summed E-state index contributed by atoms with van der Waals surface area (Å²) in [6, 6.07) is 10.9. The van der Waals surface area contributed by atoms with Crippen molar-refractivity contribution in [2.45, 2.75) is 47.0 Å². The van der Waals surface area contributed by atoms with Crippen molar-refractivity contribution in [1.29, 1.82) is 0 Å². The molecule has 15 heteroatoms. The van der Waals surface area contributed by atoms with Gasteiger partial charge >= 0.3 is 0 Å². The number of H-pyrrole nitrogens is 1. The number of halogens is 1. The van der Waals surface area contributed by atoms with E-state index in [0.717, 1.165) is 29.2 Å². The highest BCUT2D eigenvalue weighted by Crippen LogP contribution is 2.37. The summed E-state index contributed by atoms with van der Waals surface area (Å²) >= 11 is 0.963. The number of nitro groups is 1. The number of methoxy groups -OCH3 is 1. The van der Waals surface area contributed by atoms with Gasteiger partial charge in [-0.3, -0.25) is 15.2 Å². The Labute approximate surface area is 251 Å². The van der Waals surface area contributed by atoms with Crippen LogP contribution in [0, 0.1) is 22.9 Å². The largest absolute Gasteiger partial charge is 0.491 e. The van der Waals surface area contributed by atoms with Crippen LogP contribution in [-0.2, 0) is 26.7 Å². The zero-order valence-corrected chi connectivity index (χ0v) is 25.2. The number of hydrogen-bond donors (Lipinski definition) is 1. The monoisotopic (exact) mass is 628 g/mol. The Bertz CT molecular complexity index is 1770. The molecule has 226 valence electrons. The van der Waals surface area contributed by atoms with Crippen LogP contribution in [0.15, 0.2) is 63.5 Å². The lowest BCUT2D eigenvalue weighted by atomic mass is 10.2. The average Bonchev–Trinajstić information content (AvgIpc) is 3.38. The molecule has 1 aliphatic heterocycles. The van der Waals surface area contributed by atoms with Crippen molar-refractivity contribution >= 4 is 33.1 Å². The van der Waals surface area contributed by atoms with Gasteiger partial charge in [-0.1, -0.05) is 12.1 Å². The van der Waals surface area contributed by atoms with Gasteiger partial charge in [-0.25, -0.2) is 22.8 Å². The number of non-ortho nitro benzene ring substituents is 1. The summed E-state index contributed by atoms with van der Waals surface area (Å²) in [5, 5.41) is 18.6. The van der Waals surface area contributed by atoms with Crippen molar-refractivity contribution in [3.05, 3.63) is 87.1 Å². The van der Waals surface area contributed by atoms with E-state index >= 15 is 4.39 Å². The molecule has 2 aromatic heterocycles. The second-order valence-corrected chi connectivity index (χ2v) is 13.0. The van der Waals surface area contributed by atoms with Crippen LogP contribution in [0.4, 0.5) is 15.9 Å². The Balaban J connectivity index is 1.46. The highest BCUT2D eigenvalue weighted by molar-refractivity contribution is 7.99. The van der Waals surface area contributed by atoms with Crippen LogP contribution >= 0.6 is 11.8 Å². The Morgan fingerprint density at radius 2 is 2.05 bits per heavy atom. The second kappa shape index (κ2) is 12.7. The minimum Gasteiger partial charge on any atom is -0.491 e. The molecule has 0 saturated carbocycles. The smallest absolute Gasteiger partial charge is 0.269 e. The predicted molar refractivity (Wildman–Crippen MR) is 157 cm³/mol. The number of anilines is 1. The fraction of sp³-hybridized carbons (Fsp3) is 0.321. The fourth-order valence-corrected chi connectivity index (χ4v) is 6.85. The van der Waals surface area contributed by atoms with Gasteiger partial charge in [0.25, 0.3) is 5.69 Å². The van der Waals surface area contributed by atoms with Crippen LogP contribution in [0.3, 0.4) is 0 Å². The molecule has 43 heavy (non-hydrogen) atoms. The van der Waals surface area contributed by atoms with Gasteiger partial charge < -0.3 is 14.4 Å². The van der Waals surface area contributed by atoms with Crippen LogP contribution in [0.2, 0.25) is 0 Å². The minimum absolute atomic E-state index is 0.00292. The molecular formula is C28H29FN6O6S2. The molecule has 1 N–H and O–H groups in total. The summed E-state index contributed by atoms with van der Waals surface area (Å²) in [7, 11) is -2.44. The van der Waals surface area contributed by atoms with Gasteiger partial charge in [0.05, 0.1) is 58.2 Å². The van der Waals surface area contributed by atoms with E-state index in [1.54, 1.807) is 7.11 Å². The van der Waals surface area contributed by atoms with Gasteiger partial charge in [0.1, 0.15) is 5.82 Å². The lowest BCUT2D eigenvalue weighted by molar-refractivity contribution is -0.384. The van der Waals surface area contributed by atoms with Gasteiger partial charge in [0.15, 0.2) is 26.6 Å². The van der Waals surface area contributed by atoms with Crippen LogP contribution in [0.25, 0.3) is 0 Å². The standard InChI is InChI=1S/C28H29FN6O6S2/c1-17-11-20(33-32-17)13-24-26(40-3)27(34-9-10-41-15-18(34)2)31-28(30-24)42-25-8-7-22(14-23(25)29)43(38,39)16-19-5-4-6-21(12-19)35(36)37/h4-8,11-12,14,18H,9-10,13,15-16H2,1-3H3,(H,32,33)/t18-/m1/s1. The maximum Gasteiger partial charge on any atom is 0.269 e. The van der Waals surface area contributed by atoms with E-state index < -0.39 is 26.3 Å². The SMILES string of the molecule is COc1c(Cc2cc(C)[nH]n2)nc(Sc2ccc(S(=O)(=O)Cc3cccc([N+](=O)[O-])c3)cc2F)nc1N1CCOC[C@H]1C. The number of aromatic amines is 1. The van der Waals surface area contributed by atoms with E-state index in [0.29, 0.717) is 43.4 Å². The number of ether oxygens (including phenoxy) is 2. The van der Waals surface area contributed by atoms with Crippen LogP contribution in [0.1, 0.15) is 29.6 Å². The summed E-state index contributed by atoms with van der Waals surface area (Å²) in [6.45, 7) is 5.49. The first-order valence-corrected chi connectivity index (χ1v) is 15.7. The minimum atomic E-state index is -3.99. The number of aryl methyl sites for hydroxylation is 1. The normalized spacial score (nSPS) is 15.4. The molecule has 5 rings (SSSR count). The molecule has 0 aliphatic carbocycles. The van der Waals surface area contributed by atoms with Crippen molar-refractivity contribution in [2.75, 3.05) is 31.8 Å². The number of morpholine rings is 1. The number of rotatable bonds is 10. The molecule has 1 fully saturated rings. The van der Waals surface area contributed by atoms with Crippen LogP contribution in [0.5, 0.6) is 5.75 Å². The van der Waals surface area contributed by atoms with Crippen LogP contribution < -0.4 is 9.64 Å². The Kier molecular flexibility index (Phi) is 8.94. The quantitative estimate of drug-likeness (QED) is 0.150. The third-order valence-corrected chi connectivity index (χ3v) is 9.39. The van der Waals surface area contributed by atoms with Crippen molar-refractivity contribution in [3.8, 4) is 5.75 Å². The molecular weight excluding hydrogens is 599 g/mol. The molecule has 1 aliphatic rings. The zero-order chi connectivity index (χ0) is 30.7. The fourth-order valence-electron chi connectivity index (χ4n) is 4.73. The summed E-state index contributed by atoms with van der Waals surface area (Å²) in [6.07, 6.45) is 0.340. The number of sulfone groups is 1. The number of nitrogens with one attached hydrogen (secondary N) is 1. The number of nitrogens with zero attached hydrogens (tertiary/aromatic N) is 5. The first kappa shape index (κ1) is 30.4. The molecule has 0 radical (unpaired) electrons. The number of nitro benzene ring substituents is 1. The van der Waals surface area contributed by atoms with E-state index in [1.165, 1.54) is 36.4 Å². The van der Waals surface area contributed by atoms with Gasteiger partial charge in [-0.15, -0.1) is 0 Å². The van der Waals surface area contributed by atoms with Crippen molar-refractivity contribution in [1.82, 2.24) is 20.2 Å². The maximum absolute atomic E-state index is 15.4. The summed E-state index contributed by atoms with van der Waals surface area (Å²) in [5.41, 5.74) is 2.21. The van der Waals surface area contributed by atoms with Gasteiger partial charge in [0, 0.05) is 30.8 Å². The van der Waals surface area contributed by atoms with E-state index in [4.69, 9.17) is 14.5 Å². The number of hydrogen-bond acceptors (Lipinski definition) is 11. The van der Waals surface area contributed by atoms with Crippen molar-refractivity contribution in [3.63, 3.8) is 0 Å². The van der Waals surface area contributed by atoms with E-state index in [9.17, 15) is 18.5 Å². The molecule has 1 saturated heterocycles. The lowest BCUT2D eigenvalue weighted by Gasteiger charge is -2.35.